The molecule has 2 N–H and O–H groups in total. The highest BCUT2D eigenvalue weighted by atomic mass is 16.5. The van der Waals surface area contributed by atoms with Gasteiger partial charge >= 0.3 is 5.97 Å². The van der Waals surface area contributed by atoms with Gasteiger partial charge in [-0.05, 0) is 31.2 Å². The van der Waals surface area contributed by atoms with Crippen LogP contribution in [0, 0.1) is 0 Å². The molecule has 0 radical (unpaired) electrons. The number of benzene rings is 1. The zero-order valence-electron chi connectivity index (χ0n) is 12.0. The van der Waals surface area contributed by atoms with E-state index < -0.39 is 12.1 Å². The van der Waals surface area contributed by atoms with Crippen LogP contribution in [0.5, 0.6) is 0 Å². The standard InChI is InChI=1S/C16H21NO4/c18-15(19)10-9-13(12-6-2-1-3-7-12)17-16(20)14-8-4-5-11-21-14/h1-3,6-7,13-14H,4-5,8-11H2,(H,17,20)(H,18,19). The van der Waals surface area contributed by atoms with E-state index in [0.717, 1.165) is 24.8 Å². The van der Waals surface area contributed by atoms with Crippen molar-refractivity contribution in [1.29, 1.82) is 0 Å². The number of ether oxygens (including phenoxy) is 1. The minimum Gasteiger partial charge on any atom is -0.481 e. The largest absolute Gasteiger partial charge is 0.481 e. The average molecular weight is 291 g/mol. The van der Waals surface area contributed by atoms with Crippen LogP contribution in [0.15, 0.2) is 30.3 Å². The number of amides is 1. The first-order valence-corrected chi connectivity index (χ1v) is 7.35. The van der Waals surface area contributed by atoms with Crippen molar-refractivity contribution >= 4 is 11.9 Å². The van der Waals surface area contributed by atoms with Gasteiger partial charge in [0.05, 0.1) is 6.04 Å². The van der Waals surface area contributed by atoms with Crippen molar-refractivity contribution in [2.75, 3.05) is 6.61 Å². The smallest absolute Gasteiger partial charge is 0.303 e. The van der Waals surface area contributed by atoms with Crippen LogP contribution in [-0.4, -0.2) is 29.7 Å². The SMILES string of the molecule is O=C(O)CCC(NC(=O)C1CCCCO1)c1ccccc1. The van der Waals surface area contributed by atoms with Crippen LogP contribution in [0.2, 0.25) is 0 Å². The van der Waals surface area contributed by atoms with Crippen molar-refractivity contribution in [1.82, 2.24) is 5.32 Å². The molecule has 2 unspecified atom stereocenters. The van der Waals surface area contributed by atoms with E-state index in [1.165, 1.54) is 0 Å². The summed E-state index contributed by atoms with van der Waals surface area (Å²) in [5, 5.41) is 11.8. The normalized spacial score (nSPS) is 19.7. The molecule has 0 saturated carbocycles. The number of carbonyl (C=O) groups excluding carboxylic acids is 1. The summed E-state index contributed by atoms with van der Waals surface area (Å²) < 4.78 is 5.47. The maximum Gasteiger partial charge on any atom is 0.303 e. The Morgan fingerprint density at radius 3 is 2.67 bits per heavy atom. The Morgan fingerprint density at radius 2 is 2.05 bits per heavy atom. The van der Waals surface area contributed by atoms with Gasteiger partial charge in [0.25, 0.3) is 0 Å². The molecule has 5 heteroatoms. The van der Waals surface area contributed by atoms with Crippen LogP contribution in [0.4, 0.5) is 0 Å². The second kappa shape index (κ2) is 7.78. The lowest BCUT2D eigenvalue weighted by Crippen LogP contribution is -2.40. The quantitative estimate of drug-likeness (QED) is 0.843. The molecule has 1 aromatic carbocycles. The van der Waals surface area contributed by atoms with Gasteiger partial charge < -0.3 is 15.2 Å². The molecule has 0 aromatic heterocycles. The van der Waals surface area contributed by atoms with Crippen molar-refractivity contribution in [3.63, 3.8) is 0 Å². The molecule has 1 aliphatic heterocycles. The minimum absolute atomic E-state index is 0.0192. The van der Waals surface area contributed by atoms with Gasteiger partial charge in [-0.25, -0.2) is 0 Å². The fraction of sp³-hybridized carbons (Fsp3) is 0.500. The molecule has 1 heterocycles. The zero-order valence-corrected chi connectivity index (χ0v) is 12.0. The first-order valence-electron chi connectivity index (χ1n) is 7.35. The molecule has 0 spiro atoms. The molecule has 1 amide bonds. The molecule has 0 bridgehead atoms. The summed E-state index contributed by atoms with van der Waals surface area (Å²) in [7, 11) is 0. The summed E-state index contributed by atoms with van der Waals surface area (Å²) >= 11 is 0. The molecule has 21 heavy (non-hydrogen) atoms. The number of carbonyl (C=O) groups is 2. The molecule has 2 atom stereocenters. The van der Waals surface area contributed by atoms with Gasteiger partial charge in [-0.15, -0.1) is 0 Å². The van der Waals surface area contributed by atoms with Gasteiger partial charge in [0.2, 0.25) is 5.91 Å². The third kappa shape index (κ3) is 4.86. The van der Waals surface area contributed by atoms with Crippen molar-refractivity contribution in [3.05, 3.63) is 35.9 Å². The summed E-state index contributed by atoms with van der Waals surface area (Å²) in [6.45, 7) is 0.614. The first-order chi connectivity index (χ1) is 10.2. The second-order valence-electron chi connectivity index (χ2n) is 5.26. The topological polar surface area (TPSA) is 75.6 Å². The lowest BCUT2D eigenvalue weighted by atomic mass is 10.0. The van der Waals surface area contributed by atoms with Gasteiger partial charge in [0, 0.05) is 13.0 Å². The highest BCUT2D eigenvalue weighted by Gasteiger charge is 2.25. The van der Waals surface area contributed by atoms with E-state index in [9.17, 15) is 9.59 Å². The highest BCUT2D eigenvalue weighted by molar-refractivity contribution is 5.81. The van der Waals surface area contributed by atoms with Gasteiger partial charge in [0.15, 0.2) is 0 Å². The third-order valence-electron chi connectivity index (χ3n) is 3.64. The first kappa shape index (κ1) is 15.5. The number of hydrogen-bond donors (Lipinski definition) is 2. The molecule has 0 aliphatic carbocycles. The Kier molecular flexibility index (Phi) is 5.75. The van der Waals surface area contributed by atoms with Crippen LogP contribution in [0.3, 0.4) is 0 Å². The van der Waals surface area contributed by atoms with E-state index in [2.05, 4.69) is 5.32 Å². The lowest BCUT2D eigenvalue weighted by Gasteiger charge is -2.25. The summed E-state index contributed by atoms with van der Waals surface area (Å²) in [5.74, 6) is -1.01. The number of rotatable bonds is 6. The Balaban J connectivity index is 2.00. The molecule has 2 rings (SSSR count). The van der Waals surface area contributed by atoms with Crippen molar-refractivity contribution in [3.8, 4) is 0 Å². The monoisotopic (exact) mass is 291 g/mol. The average Bonchev–Trinajstić information content (AvgIpc) is 2.52. The maximum absolute atomic E-state index is 12.2. The van der Waals surface area contributed by atoms with Crippen molar-refractivity contribution < 1.29 is 19.4 Å². The van der Waals surface area contributed by atoms with Crippen LogP contribution in [0.1, 0.15) is 43.7 Å². The number of aliphatic carboxylic acids is 1. The fourth-order valence-corrected chi connectivity index (χ4v) is 2.49. The summed E-state index contributed by atoms with van der Waals surface area (Å²) in [4.78, 5) is 23.0. The molecular weight excluding hydrogens is 270 g/mol. The zero-order chi connectivity index (χ0) is 15.1. The fourth-order valence-electron chi connectivity index (χ4n) is 2.49. The molecule has 114 valence electrons. The van der Waals surface area contributed by atoms with Crippen molar-refractivity contribution in [2.24, 2.45) is 0 Å². The Hall–Kier alpha value is -1.88. The van der Waals surface area contributed by atoms with Crippen LogP contribution >= 0.6 is 0 Å². The third-order valence-corrected chi connectivity index (χ3v) is 3.64. The molecule has 1 fully saturated rings. The van der Waals surface area contributed by atoms with E-state index in [4.69, 9.17) is 9.84 Å². The number of nitrogens with one attached hydrogen (secondary N) is 1. The Bertz CT molecular complexity index is 468. The van der Waals surface area contributed by atoms with Crippen LogP contribution in [0.25, 0.3) is 0 Å². The van der Waals surface area contributed by atoms with Gasteiger partial charge in [-0.3, -0.25) is 9.59 Å². The van der Waals surface area contributed by atoms with E-state index >= 15 is 0 Å². The second-order valence-corrected chi connectivity index (χ2v) is 5.26. The molecule has 1 aromatic rings. The Labute approximate surface area is 124 Å². The number of hydrogen-bond acceptors (Lipinski definition) is 3. The highest BCUT2D eigenvalue weighted by Crippen LogP contribution is 2.20. The van der Waals surface area contributed by atoms with E-state index in [1.807, 2.05) is 30.3 Å². The van der Waals surface area contributed by atoms with E-state index in [0.29, 0.717) is 13.0 Å². The predicted octanol–water partition coefficient (Wildman–Crippen LogP) is 2.28. The molecule has 1 saturated heterocycles. The molecular formula is C16H21NO4. The van der Waals surface area contributed by atoms with Gasteiger partial charge in [-0.2, -0.15) is 0 Å². The summed E-state index contributed by atoms with van der Waals surface area (Å²) in [6.07, 6.45) is 2.69. The van der Waals surface area contributed by atoms with E-state index in [1.54, 1.807) is 0 Å². The number of carboxylic acid groups (broad SMARTS) is 1. The van der Waals surface area contributed by atoms with Gasteiger partial charge in [-0.1, -0.05) is 30.3 Å². The maximum atomic E-state index is 12.2. The molecule has 5 nitrogen and oxygen atoms in total. The summed E-state index contributed by atoms with van der Waals surface area (Å²) in [6, 6.07) is 9.16. The van der Waals surface area contributed by atoms with Crippen LogP contribution < -0.4 is 5.32 Å². The predicted molar refractivity (Wildman–Crippen MR) is 77.8 cm³/mol. The van der Waals surface area contributed by atoms with E-state index in [-0.39, 0.29) is 18.4 Å². The van der Waals surface area contributed by atoms with Gasteiger partial charge in [0.1, 0.15) is 6.10 Å². The Morgan fingerprint density at radius 1 is 1.29 bits per heavy atom. The minimum atomic E-state index is -0.862. The van der Waals surface area contributed by atoms with Crippen molar-refractivity contribution in [2.45, 2.75) is 44.2 Å². The molecule has 1 aliphatic rings. The summed E-state index contributed by atoms with van der Waals surface area (Å²) in [5.41, 5.74) is 0.919. The van der Waals surface area contributed by atoms with Crippen LogP contribution in [-0.2, 0) is 14.3 Å². The number of carboxylic acids is 1. The lowest BCUT2D eigenvalue weighted by molar-refractivity contribution is -0.139.